The number of hydrogen-bond acceptors (Lipinski definition) is 4. The van der Waals surface area contributed by atoms with Crippen molar-refractivity contribution in [3.63, 3.8) is 0 Å². The average molecular weight is 269 g/mol. The van der Waals surface area contributed by atoms with Crippen LogP contribution < -0.4 is 5.32 Å². The summed E-state index contributed by atoms with van der Waals surface area (Å²) in [6.45, 7) is 2.06. The smallest absolute Gasteiger partial charge is 0.151 e. The standard InChI is InChI=1S/C12H19N3O2S/c16-18(17)5-3-10(8-18)11-7-14-12(15-11)9-2-1-4-13-6-9/h7,9-10,13H,1-6,8H2,(H,14,15). The van der Waals surface area contributed by atoms with Crippen LogP contribution in [0.25, 0.3) is 0 Å². The summed E-state index contributed by atoms with van der Waals surface area (Å²) in [6.07, 6.45) is 4.89. The molecule has 2 aliphatic rings. The van der Waals surface area contributed by atoms with Gasteiger partial charge in [-0.3, -0.25) is 0 Å². The van der Waals surface area contributed by atoms with Crippen molar-refractivity contribution in [1.29, 1.82) is 0 Å². The molecule has 3 heterocycles. The van der Waals surface area contributed by atoms with Gasteiger partial charge < -0.3 is 10.3 Å². The van der Waals surface area contributed by atoms with E-state index in [9.17, 15) is 8.42 Å². The van der Waals surface area contributed by atoms with Crippen LogP contribution >= 0.6 is 0 Å². The molecule has 0 spiro atoms. The van der Waals surface area contributed by atoms with Crippen LogP contribution in [0, 0.1) is 0 Å². The molecule has 5 nitrogen and oxygen atoms in total. The number of hydrogen-bond donors (Lipinski definition) is 2. The van der Waals surface area contributed by atoms with Gasteiger partial charge in [0.2, 0.25) is 0 Å². The molecular formula is C12H19N3O2S. The van der Waals surface area contributed by atoms with Crippen LogP contribution in [0.1, 0.15) is 42.6 Å². The van der Waals surface area contributed by atoms with Crippen LogP contribution in [0.2, 0.25) is 0 Å². The zero-order valence-corrected chi connectivity index (χ0v) is 11.2. The molecule has 0 aliphatic carbocycles. The lowest BCUT2D eigenvalue weighted by molar-refractivity contribution is 0.448. The van der Waals surface area contributed by atoms with Gasteiger partial charge in [-0.1, -0.05) is 0 Å². The van der Waals surface area contributed by atoms with E-state index in [4.69, 9.17) is 0 Å². The highest BCUT2D eigenvalue weighted by atomic mass is 32.2. The second-order valence-electron chi connectivity index (χ2n) is 5.37. The predicted octanol–water partition coefficient (Wildman–Crippen LogP) is 0.779. The van der Waals surface area contributed by atoms with E-state index in [1.165, 1.54) is 6.42 Å². The Morgan fingerprint density at radius 3 is 2.83 bits per heavy atom. The number of sulfone groups is 1. The van der Waals surface area contributed by atoms with Crippen LogP contribution in [-0.4, -0.2) is 43.0 Å². The molecule has 2 unspecified atom stereocenters. The Morgan fingerprint density at radius 1 is 1.28 bits per heavy atom. The van der Waals surface area contributed by atoms with Gasteiger partial charge in [-0.25, -0.2) is 13.4 Å². The molecule has 0 radical (unpaired) electrons. The fraction of sp³-hybridized carbons (Fsp3) is 0.750. The molecule has 0 saturated carbocycles. The molecule has 3 rings (SSSR count). The van der Waals surface area contributed by atoms with Crippen molar-refractivity contribution in [3.05, 3.63) is 17.7 Å². The lowest BCUT2D eigenvalue weighted by atomic mass is 9.99. The lowest BCUT2D eigenvalue weighted by Gasteiger charge is -2.20. The SMILES string of the molecule is O=S1(=O)CCC(c2cnc(C3CCCNC3)[nH]2)C1. The van der Waals surface area contributed by atoms with E-state index in [2.05, 4.69) is 15.3 Å². The second kappa shape index (κ2) is 4.66. The fourth-order valence-corrected chi connectivity index (χ4v) is 4.66. The van der Waals surface area contributed by atoms with E-state index in [1.54, 1.807) is 0 Å². The van der Waals surface area contributed by atoms with Crippen LogP contribution in [0.5, 0.6) is 0 Å². The number of nitrogens with zero attached hydrogens (tertiary/aromatic N) is 1. The van der Waals surface area contributed by atoms with Crippen molar-refractivity contribution in [1.82, 2.24) is 15.3 Å². The third kappa shape index (κ3) is 2.44. The van der Waals surface area contributed by atoms with Crippen LogP contribution in [0.3, 0.4) is 0 Å². The molecular weight excluding hydrogens is 250 g/mol. The number of piperidine rings is 1. The Bertz CT molecular complexity index is 517. The molecule has 2 aliphatic heterocycles. The molecule has 1 aromatic rings. The lowest BCUT2D eigenvalue weighted by Crippen LogP contribution is -2.28. The van der Waals surface area contributed by atoms with Crippen molar-refractivity contribution in [3.8, 4) is 0 Å². The van der Waals surface area contributed by atoms with Crippen LogP contribution in [0.4, 0.5) is 0 Å². The van der Waals surface area contributed by atoms with Crippen molar-refractivity contribution in [2.45, 2.75) is 31.1 Å². The summed E-state index contributed by atoms with van der Waals surface area (Å²) < 4.78 is 23.0. The first kappa shape index (κ1) is 12.2. The third-order valence-electron chi connectivity index (χ3n) is 3.97. The highest BCUT2D eigenvalue weighted by Gasteiger charge is 2.30. The Labute approximate surface area is 107 Å². The zero-order chi connectivity index (χ0) is 12.6. The maximum atomic E-state index is 11.5. The molecule has 100 valence electrons. The molecule has 0 amide bonds. The van der Waals surface area contributed by atoms with E-state index in [1.807, 2.05) is 6.20 Å². The van der Waals surface area contributed by atoms with Crippen LogP contribution in [0.15, 0.2) is 6.20 Å². The monoisotopic (exact) mass is 269 g/mol. The molecule has 2 atom stereocenters. The summed E-state index contributed by atoms with van der Waals surface area (Å²) in [5, 5.41) is 3.37. The van der Waals surface area contributed by atoms with Crippen molar-refractivity contribution >= 4 is 9.84 Å². The number of rotatable bonds is 2. The Hall–Kier alpha value is -0.880. The van der Waals surface area contributed by atoms with Gasteiger partial charge >= 0.3 is 0 Å². The second-order valence-corrected chi connectivity index (χ2v) is 7.60. The maximum absolute atomic E-state index is 11.5. The molecule has 1 aromatic heterocycles. The third-order valence-corrected chi connectivity index (χ3v) is 5.74. The molecule has 2 fully saturated rings. The molecule has 2 saturated heterocycles. The Balaban J connectivity index is 1.73. The Kier molecular flexibility index (Phi) is 3.15. The molecule has 0 bridgehead atoms. The molecule has 2 N–H and O–H groups in total. The highest BCUT2D eigenvalue weighted by molar-refractivity contribution is 7.91. The van der Waals surface area contributed by atoms with Gasteiger partial charge in [0.05, 0.1) is 11.5 Å². The summed E-state index contributed by atoms with van der Waals surface area (Å²) in [7, 11) is -2.82. The number of imidazole rings is 1. The summed E-state index contributed by atoms with van der Waals surface area (Å²) in [6, 6.07) is 0. The Morgan fingerprint density at radius 2 is 2.17 bits per heavy atom. The van der Waals surface area contributed by atoms with E-state index >= 15 is 0 Å². The van der Waals surface area contributed by atoms with Crippen molar-refractivity contribution in [2.75, 3.05) is 24.6 Å². The molecule has 18 heavy (non-hydrogen) atoms. The summed E-state index contributed by atoms with van der Waals surface area (Å²) >= 11 is 0. The number of aromatic amines is 1. The summed E-state index contributed by atoms with van der Waals surface area (Å²) in [5.74, 6) is 2.17. The quantitative estimate of drug-likeness (QED) is 0.832. The van der Waals surface area contributed by atoms with Crippen molar-refractivity contribution in [2.24, 2.45) is 0 Å². The maximum Gasteiger partial charge on any atom is 0.151 e. The van der Waals surface area contributed by atoms with Gasteiger partial charge in [0.1, 0.15) is 5.82 Å². The fourth-order valence-electron chi connectivity index (χ4n) is 2.89. The number of aromatic nitrogens is 2. The van der Waals surface area contributed by atoms with Gasteiger partial charge in [0.25, 0.3) is 0 Å². The van der Waals surface area contributed by atoms with Gasteiger partial charge in [-0.2, -0.15) is 0 Å². The van der Waals surface area contributed by atoms with Gasteiger partial charge in [0.15, 0.2) is 9.84 Å². The predicted molar refractivity (Wildman–Crippen MR) is 69.4 cm³/mol. The summed E-state index contributed by atoms with van der Waals surface area (Å²) in [5.41, 5.74) is 0.997. The van der Waals surface area contributed by atoms with E-state index in [0.717, 1.165) is 37.4 Å². The molecule has 0 aromatic carbocycles. The first-order chi connectivity index (χ1) is 8.64. The highest BCUT2D eigenvalue weighted by Crippen LogP contribution is 2.29. The molecule has 6 heteroatoms. The minimum absolute atomic E-state index is 0.118. The summed E-state index contributed by atoms with van der Waals surface area (Å²) in [4.78, 5) is 7.79. The van der Waals surface area contributed by atoms with Gasteiger partial charge in [-0.15, -0.1) is 0 Å². The van der Waals surface area contributed by atoms with Crippen LogP contribution in [-0.2, 0) is 9.84 Å². The van der Waals surface area contributed by atoms with E-state index in [0.29, 0.717) is 11.7 Å². The minimum atomic E-state index is -2.82. The largest absolute Gasteiger partial charge is 0.345 e. The van der Waals surface area contributed by atoms with Gasteiger partial charge in [0, 0.05) is 30.3 Å². The van der Waals surface area contributed by atoms with E-state index < -0.39 is 9.84 Å². The topological polar surface area (TPSA) is 74.8 Å². The minimum Gasteiger partial charge on any atom is -0.345 e. The number of H-pyrrole nitrogens is 1. The number of nitrogens with one attached hydrogen (secondary N) is 2. The van der Waals surface area contributed by atoms with Crippen molar-refractivity contribution < 1.29 is 8.42 Å². The normalized spacial score (nSPS) is 31.6. The zero-order valence-electron chi connectivity index (χ0n) is 10.4. The van der Waals surface area contributed by atoms with Gasteiger partial charge in [-0.05, 0) is 25.8 Å². The average Bonchev–Trinajstić information content (AvgIpc) is 2.96. The van der Waals surface area contributed by atoms with E-state index in [-0.39, 0.29) is 11.7 Å². The first-order valence-electron chi connectivity index (χ1n) is 6.60. The first-order valence-corrected chi connectivity index (χ1v) is 8.42.